The van der Waals surface area contributed by atoms with Crippen molar-refractivity contribution in [1.82, 2.24) is 0 Å². The first-order chi connectivity index (χ1) is 12.0. The van der Waals surface area contributed by atoms with Crippen molar-refractivity contribution in [3.05, 3.63) is 58.1 Å². The zero-order valence-electron chi connectivity index (χ0n) is 12.8. The summed E-state index contributed by atoms with van der Waals surface area (Å²) in [6.45, 7) is 1.34. The summed E-state index contributed by atoms with van der Waals surface area (Å²) in [5.41, 5.74) is 2.23. The molecule has 8 heteroatoms. The van der Waals surface area contributed by atoms with Gasteiger partial charge in [-0.15, -0.1) is 0 Å². The summed E-state index contributed by atoms with van der Waals surface area (Å²) in [5.74, 6) is 0.305. The molecule has 1 amide bonds. The Balaban J connectivity index is 1.85. The third kappa shape index (κ3) is 4.04. The highest BCUT2D eigenvalue weighted by atomic mass is 35.5. The standard InChI is InChI=1S/C17H13Cl4N3O/c18-12-2-1-3-13(19)14(12)24-9-8-22-16(24)10-4-6-11(7-5-10)23-17(25)15(20)21/h1-7,15H,8-9H2,(H,23,25). The highest BCUT2D eigenvalue weighted by molar-refractivity contribution is 6.54. The summed E-state index contributed by atoms with van der Waals surface area (Å²) >= 11 is 23.7. The normalized spacial score (nSPS) is 14.0. The smallest absolute Gasteiger partial charge is 0.257 e. The molecule has 0 radical (unpaired) electrons. The zero-order chi connectivity index (χ0) is 18.0. The summed E-state index contributed by atoms with van der Waals surface area (Å²) in [6, 6.07) is 12.6. The van der Waals surface area contributed by atoms with Crippen molar-refractivity contribution in [3.63, 3.8) is 0 Å². The van der Waals surface area contributed by atoms with Gasteiger partial charge in [0.15, 0.2) is 4.84 Å². The van der Waals surface area contributed by atoms with Crippen LogP contribution in [0, 0.1) is 0 Å². The molecule has 1 aliphatic rings. The Morgan fingerprint density at radius 1 is 1.08 bits per heavy atom. The second-order valence-electron chi connectivity index (χ2n) is 5.29. The lowest BCUT2D eigenvalue weighted by Crippen LogP contribution is -2.28. The molecule has 1 N–H and O–H groups in total. The van der Waals surface area contributed by atoms with Gasteiger partial charge in [0.05, 0.1) is 22.3 Å². The lowest BCUT2D eigenvalue weighted by molar-refractivity contribution is -0.114. The van der Waals surface area contributed by atoms with Crippen molar-refractivity contribution in [2.75, 3.05) is 23.3 Å². The summed E-state index contributed by atoms with van der Waals surface area (Å²) in [4.78, 5) is 17.0. The van der Waals surface area contributed by atoms with E-state index < -0.39 is 10.7 Å². The number of anilines is 2. The first kappa shape index (κ1) is 18.3. The van der Waals surface area contributed by atoms with Gasteiger partial charge in [0.1, 0.15) is 5.84 Å². The number of benzene rings is 2. The molecular weight excluding hydrogens is 404 g/mol. The lowest BCUT2D eigenvalue weighted by atomic mass is 10.1. The molecule has 0 aromatic heterocycles. The quantitative estimate of drug-likeness (QED) is 0.712. The maximum atomic E-state index is 11.5. The number of alkyl halides is 2. The van der Waals surface area contributed by atoms with E-state index in [0.717, 1.165) is 17.1 Å². The Morgan fingerprint density at radius 3 is 2.32 bits per heavy atom. The van der Waals surface area contributed by atoms with Crippen LogP contribution in [-0.4, -0.2) is 29.7 Å². The molecule has 2 aromatic carbocycles. The first-order valence-electron chi connectivity index (χ1n) is 7.43. The topological polar surface area (TPSA) is 44.7 Å². The van der Waals surface area contributed by atoms with Gasteiger partial charge in [-0.3, -0.25) is 9.79 Å². The molecule has 0 bridgehead atoms. The van der Waals surface area contributed by atoms with E-state index in [1.165, 1.54) is 0 Å². The van der Waals surface area contributed by atoms with E-state index in [1.807, 2.05) is 17.0 Å². The van der Waals surface area contributed by atoms with E-state index in [1.54, 1.807) is 30.3 Å². The fourth-order valence-corrected chi connectivity index (χ4v) is 3.27. The van der Waals surface area contributed by atoms with E-state index >= 15 is 0 Å². The molecule has 0 atom stereocenters. The second kappa shape index (κ2) is 7.83. The number of amides is 1. The van der Waals surface area contributed by atoms with Gasteiger partial charge in [0.25, 0.3) is 5.91 Å². The van der Waals surface area contributed by atoms with Crippen LogP contribution in [0.4, 0.5) is 11.4 Å². The Bertz CT molecular complexity index is 801. The molecule has 0 saturated carbocycles. The average Bonchev–Trinajstić information content (AvgIpc) is 3.04. The molecule has 25 heavy (non-hydrogen) atoms. The molecule has 0 aliphatic carbocycles. The SMILES string of the molecule is O=C(Nc1ccc(C2=NCCN2c2c(Cl)cccc2Cl)cc1)C(Cl)Cl. The molecule has 3 rings (SSSR count). The number of halogens is 4. The fourth-order valence-electron chi connectivity index (χ4n) is 2.56. The number of rotatable bonds is 4. The highest BCUT2D eigenvalue weighted by Crippen LogP contribution is 2.35. The van der Waals surface area contributed by atoms with Crippen LogP contribution in [0.2, 0.25) is 10.0 Å². The van der Waals surface area contributed by atoms with Gasteiger partial charge in [-0.2, -0.15) is 0 Å². The van der Waals surface area contributed by atoms with Crippen LogP contribution in [0.1, 0.15) is 5.56 Å². The van der Waals surface area contributed by atoms with E-state index in [4.69, 9.17) is 46.4 Å². The monoisotopic (exact) mass is 415 g/mol. The van der Waals surface area contributed by atoms with Gasteiger partial charge in [-0.25, -0.2) is 0 Å². The van der Waals surface area contributed by atoms with Gasteiger partial charge in [0.2, 0.25) is 0 Å². The summed E-state index contributed by atoms with van der Waals surface area (Å²) < 4.78 is 0. The molecule has 130 valence electrons. The molecule has 2 aromatic rings. The Labute approximate surface area is 165 Å². The number of amidine groups is 1. The van der Waals surface area contributed by atoms with Crippen LogP contribution in [0.5, 0.6) is 0 Å². The summed E-state index contributed by atoms with van der Waals surface area (Å²) in [6.07, 6.45) is 0. The zero-order valence-corrected chi connectivity index (χ0v) is 15.9. The number of hydrogen-bond acceptors (Lipinski definition) is 3. The maximum Gasteiger partial charge on any atom is 0.257 e. The largest absolute Gasteiger partial charge is 0.324 e. The number of aliphatic imine (C=N–C) groups is 1. The van der Waals surface area contributed by atoms with Gasteiger partial charge >= 0.3 is 0 Å². The Hall–Kier alpha value is -1.46. The van der Waals surface area contributed by atoms with Crippen molar-refractivity contribution in [1.29, 1.82) is 0 Å². The molecule has 4 nitrogen and oxygen atoms in total. The van der Waals surface area contributed by atoms with Crippen molar-refractivity contribution in [3.8, 4) is 0 Å². The molecule has 1 aliphatic heterocycles. The maximum absolute atomic E-state index is 11.5. The number of hydrogen-bond donors (Lipinski definition) is 1. The molecule has 0 unspecified atom stereocenters. The molecule has 0 fully saturated rings. The third-order valence-corrected chi connectivity index (χ3v) is 4.66. The van der Waals surface area contributed by atoms with Crippen molar-refractivity contribution < 1.29 is 4.79 Å². The van der Waals surface area contributed by atoms with Crippen molar-refractivity contribution in [2.45, 2.75) is 4.84 Å². The van der Waals surface area contributed by atoms with E-state index in [9.17, 15) is 4.79 Å². The third-order valence-electron chi connectivity index (χ3n) is 3.66. The highest BCUT2D eigenvalue weighted by Gasteiger charge is 2.24. The first-order valence-corrected chi connectivity index (χ1v) is 9.05. The number of nitrogens with zero attached hydrogens (tertiary/aromatic N) is 2. The second-order valence-corrected chi connectivity index (χ2v) is 7.21. The van der Waals surface area contributed by atoms with E-state index in [0.29, 0.717) is 28.8 Å². The number of para-hydroxylation sites is 1. The molecular formula is C17H13Cl4N3O. The van der Waals surface area contributed by atoms with E-state index in [-0.39, 0.29) is 0 Å². The predicted molar refractivity (Wildman–Crippen MR) is 106 cm³/mol. The lowest BCUT2D eigenvalue weighted by Gasteiger charge is -2.23. The van der Waals surface area contributed by atoms with Gasteiger partial charge in [0, 0.05) is 17.8 Å². The number of carbonyl (C=O) groups is 1. The Morgan fingerprint density at radius 2 is 1.72 bits per heavy atom. The fraction of sp³-hybridized carbons (Fsp3) is 0.176. The number of nitrogens with one attached hydrogen (secondary N) is 1. The van der Waals surface area contributed by atoms with Crippen molar-refractivity contribution in [2.24, 2.45) is 4.99 Å². The number of carbonyl (C=O) groups excluding carboxylic acids is 1. The summed E-state index contributed by atoms with van der Waals surface area (Å²) in [5, 5.41) is 3.76. The van der Waals surface area contributed by atoms with Crippen LogP contribution in [-0.2, 0) is 4.79 Å². The minimum Gasteiger partial charge on any atom is -0.324 e. The Kier molecular flexibility index (Phi) is 5.74. The molecule has 0 saturated heterocycles. The minimum atomic E-state index is -1.11. The van der Waals surface area contributed by atoms with Crippen LogP contribution in [0.3, 0.4) is 0 Å². The molecule has 0 spiro atoms. The molecule has 1 heterocycles. The van der Waals surface area contributed by atoms with Crippen LogP contribution in [0.15, 0.2) is 47.5 Å². The van der Waals surface area contributed by atoms with Crippen LogP contribution in [0.25, 0.3) is 0 Å². The average molecular weight is 417 g/mol. The van der Waals surface area contributed by atoms with Crippen LogP contribution < -0.4 is 10.2 Å². The van der Waals surface area contributed by atoms with Gasteiger partial charge in [-0.05, 0) is 36.4 Å². The van der Waals surface area contributed by atoms with E-state index in [2.05, 4.69) is 10.3 Å². The minimum absolute atomic E-state index is 0.473. The predicted octanol–water partition coefficient (Wildman–Crippen LogP) is 5.00. The summed E-state index contributed by atoms with van der Waals surface area (Å²) in [7, 11) is 0. The van der Waals surface area contributed by atoms with Gasteiger partial charge in [-0.1, -0.05) is 52.5 Å². The van der Waals surface area contributed by atoms with Gasteiger partial charge < -0.3 is 10.2 Å². The van der Waals surface area contributed by atoms with Crippen molar-refractivity contribution >= 4 is 69.5 Å². The van der Waals surface area contributed by atoms with Crippen LogP contribution >= 0.6 is 46.4 Å².